The van der Waals surface area contributed by atoms with Gasteiger partial charge in [0.1, 0.15) is 28.6 Å². The standard InChI is InChI=1S/C18H19N4/c1-12-7-6-8-13(2)17(12)21-16-10-5-4-9-15(16)20-11-14(3)22(19)18(20)21/h4-11H,19H2,1-3H3/q+1. The Labute approximate surface area is 129 Å². The summed E-state index contributed by atoms with van der Waals surface area (Å²) in [6.45, 7) is 6.31. The Morgan fingerprint density at radius 2 is 1.50 bits per heavy atom. The molecule has 0 aliphatic carbocycles. The molecule has 0 unspecified atom stereocenters. The Bertz CT molecular complexity index is 1000. The van der Waals surface area contributed by atoms with Crippen molar-refractivity contribution in [3.05, 3.63) is 65.5 Å². The molecule has 0 aliphatic heterocycles. The van der Waals surface area contributed by atoms with E-state index in [0.717, 1.165) is 22.5 Å². The Morgan fingerprint density at radius 1 is 0.864 bits per heavy atom. The molecular weight excluding hydrogens is 272 g/mol. The van der Waals surface area contributed by atoms with E-state index >= 15 is 0 Å². The zero-order chi connectivity index (χ0) is 15.4. The molecule has 4 rings (SSSR count). The molecule has 0 saturated heterocycles. The molecule has 110 valence electrons. The highest BCUT2D eigenvalue weighted by atomic mass is 15.4. The lowest BCUT2D eigenvalue weighted by molar-refractivity contribution is -0.620. The Kier molecular flexibility index (Phi) is 2.57. The first kappa shape index (κ1) is 13.0. The SMILES string of the molecule is Cc1cccc(C)c1-n1c2ccccc2n2cc(C)[n+](N)c12. The van der Waals surface area contributed by atoms with Crippen LogP contribution in [0.2, 0.25) is 0 Å². The van der Waals surface area contributed by atoms with Gasteiger partial charge in [0, 0.05) is 0 Å². The minimum atomic E-state index is 0.969. The first-order chi connectivity index (χ1) is 10.6. The van der Waals surface area contributed by atoms with Gasteiger partial charge in [0.25, 0.3) is 0 Å². The number of nitrogen functional groups attached to an aromatic ring is 1. The third kappa shape index (κ3) is 1.55. The Balaban J connectivity index is 2.29. The highest BCUT2D eigenvalue weighted by molar-refractivity contribution is 5.83. The number of hydrogen-bond acceptors (Lipinski definition) is 1. The van der Waals surface area contributed by atoms with Crippen molar-refractivity contribution in [3.8, 4) is 5.69 Å². The molecule has 2 aromatic heterocycles. The zero-order valence-corrected chi connectivity index (χ0v) is 13.0. The van der Waals surface area contributed by atoms with E-state index < -0.39 is 0 Å². The number of imidazole rings is 2. The predicted octanol–water partition coefficient (Wildman–Crippen LogP) is 2.81. The Hall–Kier alpha value is -2.75. The summed E-state index contributed by atoms with van der Waals surface area (Å²) in [6.07, 6.45) is 2.09. The van der Waals surface area contributed by atoms with Gasteiger partial charge in [0.15, 0.2) is 0 Å². The molecule has 0 radical (unpaired) electrons. The maximum Gasteiger partial charge on any atom is 0.397 e. The van der Waals surface area contributed by atoms with Crippen molar-refractivity contribution in [2.24, 2.45) is 0 Å². The molecule has 4 heteroatoms. The van der Waals surface area contributed by atoms with Gasteiger partial charge in [0.05, 0.1) is 0 Å². The summed E-state index contributed by atoms with van der Waals surface area (Å²) >= 11 is 0. The van der Waals surface area contributed by atoms with Crippen molar-refractivity contribution >= 4 is 16.8 Å². The second-order valence-electron chi connectivity index (χ2n) is 5.88. The van der Waals surface area contributed by atoms with Crippen molar-refractivity contribution in [1.29, 1.82) is 0 Å². The summed E-state index contributed by atoms with van der Waals surface area (Å²) in [6, 6.07) is 14.8. The van der Waals surface area contributed by atoms with E-state index in [2.05, 4.69) is 71.5 Å². The summed E-state index contributed by atoms with van der Waals surface area (Å²) in [5.41, 5.74) is 7.03. The lowest BCUT2D eigenvalue weighted by Gasteiger charge is -2.08. The molecule has 0 saturated carbocycles. The van der Waals surface area contributed by atoms with Gasteiger partial charge in [0.2, 0.25) is 0 Å². The van der Waals surface area contributed by atoms with Gasteiger partial charge in [-0.15, -0.1) is 4.68 Å². The molecule has 0 atom stereocenters. The van der Waals surface area contributed by atoms with Crippen molar-refractivity contribution in [2.75, 3.05) is 5.84 Å². The minimum absolute atomic E-state index is 0.969. The van der Waals surface area contributed by atoms with Gasteiger partial charge in [-0.25, -0.2) is 0 Å². The topological polar surface area (TPSA) is 39.2 Å². The van der Waals surface area contributed by atoms with E-state index in [1.807, 2.05) is 6.92 Å². The fraction of sp³-hybridized carbons (Fsp3) is 0.167. The van der Waals surface area contributed by atoms with Crippen LogP contribution in [0.15, 0.2) is 48.7 Å². The molecule has 0 amide bonds. The van der Waals surface area contributed by atoms with Gasteiger partial charge in [-0.05, 0) is 44.0 Å². The quantitative estimate of drug-likeness (QED) is 0.425. The van der Waals surface area contributed by atoms with Crippen LogP contribution in [-0.4, -0.2) is 8.97 Å². The van der Waals surface area contributed by atoms with E-state index in [1.165, 1.54) is 16.8 Å². The van der Waals surface area contributed by atoms with Crippen LogP contribution < -0.4 is 10.5 Å². The van der Waals surface area contributed by atoms with E-state index in [-0.39, 0.29) is 0 Å². The second kappa shape index (κ2) is 4.37. The van der Waals surface area contributed by atoms with Crippen molar-refractivity contribution < 1.29 is 4.68 Å². The second-order valence-corrected chi connectivity index (χ2v) is 5.88. The number of fused-ring (bicyclic) bond motifs is 3. The number of hydrogen-bond donors (Lipinski definition) is 1. The van der Waals surface area contributed by atoms with Gasteiger partial charge < -0.3 is 0 Å². The van der Waals surface area contributed by atoms with Crippen LogP contribution in [-0.2, 0) is 0 Å². The van der Waals surface area contributed by atoms with Crippen LogP contribution >= 0.6 is 0 Å². The molecule has 2 N–H and O–H groups in total. The molecule has 2 heterocycles. The molecule has 4 nitrogen and oxygen atoms in total. The van der Waals surface area contributed by atoms with Crippen LogP contribution in [0.25, 0.3) is 22.5 Å². The van der Waals surface area contributed by atoms with Crippen molar-refractivity contribution in [2.45, 2.75) is 20.8 Å². The fourth-order valence-corrected chi connectivity index (χ4v) is 3.32. The third-order valence-corrected chi connectivity index (χ3v) is 4.37. The number of aryl methyl sites for hydroxylation is 3. The average Bonchev–Trinajstić information content (AvgIpc) is 2.96. The molecule has 0 aliphatic rings. The van der Waals surface area contributed by atoms with Crippen LogP contribution in [0.4, 0.5) is 0 Å². The van der Waals surface area contributed by atoms with Crippen LogP contribution in [0.5, 0.6) is 0 Å². The third-order valence-electron chi connectivity index (χ3n) is 4.37. The number of rotatable bonds is 1. The van der Waals surface area contributed by atoms with Crippen LogP contribution in [0.1, 0.15) is 16.8 Å². The number of nitrogens with two attached hydrogens (primary N) is 1. The maximum absolute atomic E-state index is 6.32. The predicted molar refractivity (Wildman–Crippen MR) is 88.8 cm³/mol. The van der Waals surface area contributed by atoms with E-state index in [9.17, 15) is 0 Å². The van der Waals surface area contributed by atoms with E-state index in [1.54, 1.807) is 4.68 Å². The number of benzene rings is 2. The number of nitrogens with zero attached hydrogens (tertiary/aromatic N) is 3. The van der Waals surface area contributed by atoms with Crippen molar-refractivity contribution in [1.82, 2.24) is 8.97 Å². The fourth-order valence-electron chi connectivity index (χ4n) is 3.32. The highest BCUT2D eigenvalue weighted by Crippen LogP contribution is 2.28. The summed E-state index contributed by atoms with van der Waals surface area (Å²) in [4.78, 5) is 0. The summed E-state index contributed by atoms with van der Waals surface area (Å²) in [5.74, 6) is 7.28. The van der Waals surface area contributed by atoms with E-state index in [4.69, 9.17) is 5.84 Å². The largest absolute Gasteiger partial charge is 0.397 e. The number of aromatic nitrogens is 3. The molecule has 4 aromatic rings. The van der Waals surface area contributed by atoms with Crippen LogP contribution in [0.3, 0.4) is 0 Å². The van der Waals surface area contributed by atoms with Gasteiger partial charge in [-0.3, -0.25) is 5.84 Å². The monoisotopic (exact) mass is 291 g/mol. The van der Waals surface area contributed by atoms with Gasteiger partial charge in [-0.1, -0.05) is 30.3 Å². The molecule has 0 fully saturated rings. The minimum Gasteiger partial charge on any atom is -0.289 e. The average molecular weight is 291 g/mol. The molecule has 0 spiro atoms. The molecule has 22 heavy (non-hydrogen) atoms. The van der Waals surface area contributed by atoms with Crippen LogP contribution in [0, 0.1) is 20.8 Å². The summed E-state index contributed by atoms with van der Waals surface area (Å²) < 4.78 is 6.18. The smallest absolute Gasteiger partial charge is 0.289 e. The first-order valence-corrected chi connectivity index (χ1v) is 7.44. The van der Waals surface area contributed by atoms with Gasteiger partial charge >= 0.3 is 5.78 Å². The zero-order valence-electron chi connectivity index (χ0n) is 13.0. The number of para-hydroxylation sites is 3. The summed E-state index contributed by atoms with van der Waals surface area (Å²) in [5, 5.41) is 0. The lowest BCUT2D eigenvalue weighted by Crippen LogP contribution is -2.47. The van der Waals surface area contributed by atoms with Gasteiger partial charge in [-0.2, -0.15) is 8.97 Å². The maximum atomic E-state index is 6.32. The van der Waals surface area contributed by atoms with Crippen molar-refractivity contribution in [3.63, 3.8) is 0 Å². The molecular formula is C18H19N4+. The summed E-state index contributed by atoms with van der Waals surface area (Å²) in [7, 11) is 0. The first-order valence-electron chi connectivity index (χ1n) is 7.44. The van der Waals surface area contributed by atoms with E-state index in [0.29, 0.717) is 0 Å². The molecule has 2 aromatic carbocycles. The highest BCUT2D eigenvalue weighted by Gasteiger charge is 2.26. The normalized spacial score (nSPS) is 11.6. The lowest BCUT2D eigenvalue weighted by atomic mass is 10.1. The Morgan fingerprint density at radius 3 is 2.18 bits per heavy atom. The molecule has 0 bridgehead atoms.